The van der Waals surface area contributed by atoms with Gasteiger partial charge in [0.1, 0.15) is 12.4 Å². The van der Waals surface area contributed by atoms with Crippen LogP contribution in [0.1, 0.15) is 11.1 Å². The number of halogens is 4. The zero-order chi connectivity index (χ0) is 19.2. The predicted octanol–water partition coefficient (Wildman–Crippen LogP) is 4.67. The Morgan fingerprint density at radius 1 is 1.12 bits per heavy atom. The van der Waals surface area contributed by atoms with Crippen molar-refractivity contribution < 1.29 is 27.4 Å². The van der Waals surface area contributed by atoms with Crippen LogP contribution in [0.15, 0.2) is 46.9 Å². The summed E-state index contributed by atoms with van der Waals surface area (Å²) in [5, 5.41) is 2.50. The summed E-state index contributed by atoms with van der Waals surface area (Å²) < 4.78 is 50.0. The number of methoxy groups -OCH3 is 1. The number of alkyl halides is 3. The molecule has 140 valence electrons. The van der Waals surface area contributed by atoms with Crippen LogP contribution in [0.4, 0.5) is 18.9 Å². The predicted molar refractivity (Wildman–Crippen MR) is 95.3 cm³/mol. The molecule has 26 heavy (non-hydrogen) atoms. The van der Waals surface area contributed by atoms with E-state index in [-0.39, 0.29) is 31.1 Å². The van der Waals surface area contributed by atoms with Crippen LogP contribution < -0.4 is 10.1 Å². The Balaban J connectivity index is 2.17. The van der Waals surface area contributed by atoms with Crippen molar-refractivity contribution in [3.8, 4) is 5.75 Å². The first-order chi connectivity index (χ1) is 12.3. The molecule has 1 amide bonds. The molecule has 0 saturated heterocycles. The van der Waals surface area contributed by atoms with Gasteiger partial charge in [-0.1, -0.05) is 28.1 Å². The minimum atomic E-state index is -4.52. The molecule has 2 aromatic carbocycles. The third kappa shape index (κ3) is 6.03. The van der Waals surface area contributed by atoms with Crippen molar-refractivity contribution in [2.24, 2.45) is 0 Å². The molecule has 8 heteroatoms. The number of anilines is 1. The van der Waals surface area contributed by atoms with Crippen molar-refractivity contribution in [1.29, 1.82) is 0 Å². The summed E-state index contributed by atoms with van der Waals surface area (Å²) in [7, 11) is 1.48. The van der Waals surface area contributed by atoms with E-state index >= 15 is 0 Å². The minimum Gasteiger partial charge on any atom is -0.489 e. The summed E-state index contributed by atoms with van der Waals surface area (Å²) in [6, 6.07) is 10.0. The molecule has 0 fully saturated rings. The molecule has 2 aromatic rings. The molecule has 4 nitrogen and oxygen atoms in total. The van der Waals surface area contributed by atoms with Gasteiger partial charge in [-0.15, -0.1) is 0 Å². The molecule has 1 N–H and O–H groups in total. The van der Waals surface area contributed by atoms with Gasteiger partial charge in [0.2, 0.25) is 5.91 Å². The summed E-state index contributed by atoms with van der Waals surface area (Å²) >= 11 is 3.30. The van der Waals surface area contributed by atoms with Crippen LogP contribution in [0, 0.1) is 0 Å². The highest BCUT2D eigenvalue weighted by Crippen LogP contribution is 2.35. The minimum absolute atomic E-state index is 0.0288. The van der Waals surface area contributed by atoms with Crippen LogP contribution in [-0.2, 0) is 22.1 Å². The maximum absolute atomic E-state index is 13.0. The molecule has 0 aromatic heterocycles. The van der Waals surface area contributed by atoms with Crippen molar-refractivity contribution in [3.05, 3.63) is 58.1 Å². The van der Waals surface area contributed by atoms with Gasteiger partial charge in [-0.25, -0.2) is 0 Å². The van der Waals surface area contributed by atoms with Gasteiger partial charge >= 0.3 is 6.18 Å². The normalized spacial score (nSPS) is 11.3. The first-order valence-corrected chi connectivity index (χ1v) is 8.46. The van der Waals surface area contributed by atoms with Gasteiger partial charge in [0.25, 0.3) is 0 Å². The first-order valence-electron chi connectivity index (χ1n) is 7.67. The average molecular weight is 432 g/mol. The second-order valence-electron chi connectivity index (χ2n) is 5.40. The largest absolute Gasteiger partial charge is 0.489 e. The fourth-order valence-corrected chi connectivity index (χ4v) is 2.41. The Kier molecular flexibility index (Phi) is 7.05. The van der Waals surface area contributed by atoms with Crippen LogP contribution in [-0.4, -0.2) is 26.2 Å². The van der Waals surface area contributed by atoms with Gasteiger partial charge < -0.3 is 14.8 Å². The number of rotatable bonds is 7. The zero-order valence-electron chi connectivity index (χ0n) is 13.9. The van der Waals surface area contributed by atoms with Crippen LogP contribution in [0.5, 0.6) is 5.75 Å². The summed E-state index contributed by atoms with van der Waals surface area (Å²) in [6.45, 7) is 0.421. The lowest BCUT2D eigenvalue weighted by Crippen LogP contribution is -2.17. The molecule has 0 unspecified atom stereocenters. The van der Waals surface area contributed by atoms with E-state index in [9.17, 15) is 18.0 Å². The summed E-state index contributed by atoms with van der Waals surface area (Å²) in [6.07, 6.45) is -4.49. The van der Waals surface area contributed by atoms with E-state index in [4.69, 9.17) is 9.47 Å². The number of nitrogens with one attached hydrogen (secondary N) is 1. The summed E-state index contributed by atoms with van der Waals surface area (Å²) in [5.41, 5.74) is -0.159. The van der Waals surface area contributed by atoms with Gasteiger partial charge in [-0.05, 0) is 35.9 Å². The molecule has 2 rings (SSSR count). The number of hydrogen-bond acceptors (Lipinski definition) is 3. The lowest BCUT2D eigenvalue weighted by atomic mass is 10.1. The van der Waals surface area contributed by atoms with Crippen LogP contribution >= 0.6 is 15.9 Å². The van der Waals surface area contributed by atoms with Crippen LogP contribution in [0.3, 0.4) is 0 Å². The highest BCUT2D eigenvalue weighted by molar-refractivity contribution is 9.10. The maximum atomic E-state index is 13.0. The van der Waals surface area contributed by atoms with Gasteiger partial charge in [0.15, 0.2) is 0 Å². The van der Waals surface area contributed by atoms with Crippen molar-refractivity contribution in [2.75, 3.05) is 25.6 Å². The first kappa shape index (κ1) is 20.3. The Bertz CT molecular complexity index is 748. The Labute approximate surface area is 157 Å². The SMILES string of the molecule is COCCOc1ccc(C(F)(F)F)cc1NC(=O)Cc1ccc(Br)cc1. The number of hydrogen-bond donors (Lipinski definition) is 1. The fraction of sp³-hybridized carbons (Fsp3) is 0.278. The molecule has 0 saturated carbocycles. The maximum Gasteiger partial charge on any atom is 0.416 e. The lowest BCUT2D eigenvalue weighted by molar-refractivity contribution is -0.137. The zero-order valence-corrected chi connectivity index (χ0v) is 15.5. The Hall–Kier alpha value is -2.06. The molecular weight excluding hydrogens is 415 g/mol. The average Bonchev–Trinajstić information content (AvgIpc) is 2.57. The smallest absolute Gasteiger partial charge is 0.416 e. The van der Waals surface area contributed by atoms with Gasteiger partial charge in [-0.3, -0.25) is 4.79 Å². The topological polar surface area (TPSA) is 47.6 Å². The number of amides is 1. The molecule has 0 bridgehead atoms. The van der Waals surface area contributed by atoms with E-state index in [1.807, 2.05) is 0 Å². The van der Waals surface area contributed by atoms with Crippen molar-refractivity contribution in [1.82, 2.24) is 0 Å². The second-order valence-corrected chi connectivity index (χ2v) is 6.32. The second kappa shape index (κ2) is 9.05. The number of benzene rings is 2. The third-order valence-electron chi connectivity index (χ3n) is 3.40. The van der Waals surface area contributed by atoms with E-state index in [0.29, 0.717) is 0 Å². The number of carbonyl (C=O) groups is 1. The number of carbonyl (C=O) groups excluding carboxylic acids is 1. The Morgan fingerprint density at radius 3 is 2.42 bits per heavy atom. The molecule has 0 aliphatic carbocycles. The van der Waals surface area contributed by atoms with Gasteiger partial charge in [-0.2, -0.15) is 13.2 Å². The highest BCUT2D eigenvalue weighted by atomic mass is 79.9. The van der Waals surface area contributed by atoms with Crippen molar-refractivity contribution >= 4 is 27.5 Å². The third-order valence-corrected chi connectivity index (χ3v) is 3.93. The molecule has 0 atom stereocenters. The fourth-order valence-electron chi connectivity index (χ4n) is 2.15. The molecule has 0 radical (unpaired) electrons. The molecular formula is C18H17BrF3NO3. The number of ether oxygens (including phenoxy) is 2. The highest BCUT2D eigenvalue weighted by Gasteiger charge is 2.31. The van der Waals surface area contributed by atoms with E-state index in [1.54, 1.807) is 24.3 Å². The standard InChI is InChI=1S/C18H17BrF3NO3/c1-25-8-9-26-16-7-4-13(18(20,21)22)11-15(16)23-17(24)10-12-2-5-14(19)6-3-12/h2-7,11H,8-10H2,1H3,(H,23,24). The molecule has 0 heterocycles. The van der Waals surface area contributed by atoms with E-state index in [1.165, 1.54) is 13.2 Å². The van der Waals surface area contributed by atoms with E-state index in [0.717, 1.165) is 22.2 Å². The summed E-state index contributed by atoms with van der Waals surface area (Å²) in [4.78, 5) is 12.2. The Morgan fingerprint density at radius 2 is 1.81 bits per heavy atom. The lowest BCUT2D eigenvalue weighted by Gasteiger charge is -2.15. The molecule has 0 spiro atoms. The van der Waals surface area contributed by atoms with E-state index < -0.39 is 17.6 Å². The van der Waals surface area contributed by atoms with Crippen LogP contribution in [0.25, 0.3) is 0 Å². The quantitative estimate of drug-likeness (QED) is 0.647. The monoisotopic (exact) mass is 431 g/mol. The summed E-state index contributed by atoms with van der Waals surface area (Å²) in [5.74, 6) is -0.289. The van der Waals surface area contributed by atoms with Crippen LogP contribution in [0.2, 0.25) is 0 Å². The van der Waals surface area contributed by atoms with Gasteiger partial charge in [0, 0.05) is 11.6 Å². The molecule has 0 aliphatic heterocycles. The molecule has 0 aliphatic rings. The van der Waals surface area contributed by atoms with E-state index in [2.05, 4.69) is 21.2 Å². The van der Waals surface area contributed by atoms with Crippen molar-refractivity contribution in [2.45, 2.75) is 12.6 Å². The van der Waals surface area contributed by atoms with Gasteiger partial charge in [0.05, 0.1) is 24.3 Å². The van der Waals surface area contributed by atoms with Crippen molar-refractivity contribution in [3.63, 3.8) is 0 Å².